The van der Waals surface area contributed by atoms with Crippen LogP contribution >= 0.6 is 0 Å². The van der Waals surface area contributed by atoms with Gasteiger partial charge >= 0.3 is 11.9 Å². The van der Waals surface area contributed by atoms with Gasteiger partial charge in [0.1, 0.15) is 12.1 Å². The van der Waals surface area contributed by atoms with Crippen LogP contribution in [0.1, 0.15) is 245 Å². The molecule has 0 spiro atoms. The lowest BCUT2D eigenvalue weighted by Crippen LogP contribution is -2.47. The maximum atomic E-state index is 12.7. The average Bonchev–Trinajstić information content (AvgIpc) is 3.17. The molecule has 55 heavy (non-hydrogen) atoms. The predicted octanol–water partition coefficient (Wildman–Crippen LogP) is 11.7. The number of rotatable bonds is 43. The van der Waals surface area contributed by atoms with Crippen molar-refractivity contribution in [3.63, 3.8) is 0 Å². The van der Waals surface area contributed by atoms with Crippen molar-refractivity contribution in [1.29, 1.82) is 0 Å². The Morgan fingerprint density at radius 2 is 0.818 bits per heavy atom. The van der Waals surface area contributed by atoms with Crippen molar-refractivity contribution in [3.8, 4) is 0 Å². The van der Waals surface area contributed by atoms with Crippen LogP contribution in [0.25, 0.3) is 0 Å². The molecule has 0 saturated carbocycles. The van der Waals surface area contributed by atoms with Gasteiger partial charge in [-0.15, -0.1) is 0 Å². The lowest BCUT2D eigenvalue weighted by atomic mass is 10.0. The highest BCUT2D eigenvalue weighted by Gasteiger charge is 2.19. The molecular weight excluding hydrogens is 693 g/mol. The molecule has 2 unspecified atom stereocenters. The summed E-state index contributed by atoms with van der Waals surface area (Å²) in [6, 6.07) is -1.38. The van der Waals surface area contributed by atoms with E-state index in [0.29, 0.717) is 12.8 Å². The number of esters is 1. The molecule has 2 amide bonds. The summed E-state index contributed by atoms with van der Waals surface area (Å²) >= 11 is 0. The smallest absolute Gasteiger partial charge is 0.328 e. The van der Waals surface area contributed by atoms with E-state index in [2.05, 4.69) is 24.5 Å². The van der Waals surface area contributed by atoms with Gasteiger partial charge < -0.3 is 25.6 Å². The minimum Gasteiger partial charge on any atom is -0.480 e. The second kappa shape index (κ2) is 41.5. The third-order valence-electron chi connectivity index (χ3n) is 10.9. The maximum absolute atomic E-state index is 12.7. The van der Waals surface area contributed by atoms with E-state index in [1.165, 1.54) is 161 Å². The molecule has 0 bridgehead atoms. The van der Waals surface area contributed by atoms with Gasteiger partial charge in [-0.1, -0.05) is 194 Å². The third kappa shape index (κ3) is 38.5. The van der Waals surface area contributed by atoms with Gasteiger partial charge in [-0.2, -0.15) is 0 Å². The van der Waals surface area contributed by atoms with Gasteiger partial charge in [-0.25, -0.2) is 4.79 Å². The van der Waals surface area contributed by atoms with E-state index in [1.54, 1.807) is 0 Å². The van der Waals surface area contributed by atoms with Gasteiger partial charge in [0.2, 0.25) is 11.8 Å². The first-order valence-electron chi connectivity index (χ1n) is 23.4. The normalized spacial score (nSPS) is 12.3. The Bertz CT molecular complexity index is 900. The largest absolute Gasteiger partial charge is 0.480 e. The molecule has 0 saturated heterocycles. The zero-order chi connectivity index (χ0) is 40.5. The predicted molar refractivity (Wildman–Crippen MR) is 227 cm³/mol. The monoisotopic (exact) mass is 781 g/mol. The van der Waals surface area contributed by atoms with Gasteiger partial charge in [-0.3, -0.25) is 14.4 Å². The number of hydrogen-bond donors (Lipinski definition) is 4. The highest BCUT2D eigenvalue weighted by atomic mass is 16.5. The van der Waals surface area contributed by atoms with Gasteiger partial charge in [0.25, 0.3) is 0 Å². The number of carboxylic acid groups (broad SMARTS) is 1. The molecule has 0 aromatic heterocycles. The van der Waals surface area contributed by atoms with Crippen LogP contribution in [-0.2, 0) is 23.9 Å². The molecule has 0 aliphatic heterocycles. The summed E-state index contributed by atoms with van der Waals surface area (Å²) in [7, 11) is 0. The second-order valence-corrected chi connectivity index (χ2v) is 16.2. The van der Waals surface area contributed by atoms with E-state index in [-0.39, 0.29) is 30.9 Å². The standard InChI is InChI=1S/C46H88N2O7/c1-3-5-7-9-11-12-13-14-15-16-17-18-19-20-21-22-23-24-25-26-28-34-38-45(52)55-41(35-31-27-10-8-6-4-2)36-32-29-30-33-37-43(50)47-39-44(51)48-42(40-49)46(53)54/h41-42,49H,3-40H2,1-2H3,(H,47,50)(H,48,51)(H,53,54). The molecule has 0 aromatic carbocycles. The summed E-state index contributed by atoms with van der Waals surface area (Å²) in [5, 5.41) is 22.5. The Balaban J connectivity index is 3.95. The van der Waals surface area contributed by atoms with E-state index in [9.17, 15) is 19.2 Å². The zero-order valence-electron chi connectivity index (χ0n) is 36.0. The van der Waals surface area contributed by atoms with Crippen LogP contribution in [0.2, 0.25) is 0 Å². The van der Waals surface area contributed by atoms with Crippen LogP contribution < -0.4 is 10.6 Å². The molecule has 0 heterocycles. The quantitative estimate of drug-likeness (QED) is 0.0356. The number of nitrogens with one attached hydrogen (secondary N) is 2. The lowest BCUT2D eigenvalue weighted by molar-refractivity contribution is -0.150. The molecule has 0 rings (SSSR count). The lowest BCUT2D eigenvalue weighted by Gasteiger charge is -2.18. The average molecular weight is 781 g/mol. The van der Waals surface area contributed by atoms with Gasteiger partial charge in [-0.05, 0) is 38.5 Å². The summed E-state index contributed by atoms with van der Waals surface area (Å²) in [4.78, 5) is 47.5. The topological polar surface area (TPSA) is 142 Å². The number of aliphatic hydroxyl groups excluding tert-OH is 1. The van der Waals surface area contributed by atoms with E-state index < -0.39 is 24.5 Å². The van der Waals surface area contributed by atoms with Crippen LogP contribution in [-0.4, -0.2) is 59.3 Å². The van der Waals surface area contributed by atoms with Crippen molar-refractivity contribution in [1.82, 2.24) is 10.6 Å². The van der Waals surface area contributed by atoms with Gasteiger partial charge in [0.05, 0.1) is 13.2 Å². The minimum absolute atomic E-state index is 0.0336. The van der Waals surface area contributed by atoms with Crippen molar-refractivity contribution in [3.05, 3.63) is 0 Å². The second-order valence-electron chi connectivity index (χ2n) is 16.2. The van der Waals surface area contributed by atoms with E-state index in [0.717, 1.165) is 51.4 Å². The summed E-state index contributed by atoms with van der Waals surface area (Å²) in [6.07, 6.45) is 43.0. The van der Waals surface area contributed by atoms with E-state index in [4.69, 9.17) is 14.9 Å². The Kier molecular flexibility index (Phi) is 39.8. The zero-order valence-corrected chi connectivity index (χ0v) is 36.0. The van der Waals surface area contributed by atoms with Crippen molar-refractivity contribution in [2.45, 2.75) is 257 Å². The number of carbonyl (C=O) groups is 4. The Morgan fingerprint density at radius 1 is 0.473 bits per heavy atom. The van der Waals surface area contributed by atoms with Crippen LogP contribution in [0.5, 0.6) is 0 Å². The molecule has 0 aliphatic carbocycles. The van der Waals surface area contributed by atoms with Crippen molar-refractivity contribution < 1.29 is 34.1 Å². The highest BCUT2D eigenvalue weighted by molar-refractivity contribution is 5.87. The highest BCUT2D eigenvalue weighted by Crippen LogP contribution is 2.19. The first-order valence-corrected chi connectivity index (χ1v) is 23.4. The van der Waals surface area contributed by atoms with Crippen LogP contribution in [0.4, 0.5) is 0 Å². The van der Waals surface area contributed by atoms with Gasteiger partial charge in [0, 0.05) is 12.8 Å². The molecular formula is C46H88N2O7. The molecule has 2 atom stereocenters. The first kappa shape index (κ1) is 52.8. The fourth-order valence-corrected chi connectivity index (χ4v) is 7.25. The molecule has 0 radical (unpaired) electrons. The molecule has 324 valence electrons. The summed E-state index contributed by atoms with van der Waals surface area (Å²) in [5.41, 5.74) is 0. The maximum Gasteiger partial charge on any atom is 0.328 e. The number of unbranched alkanes of at least 4 members (excludes halogenated alkanes) is 29. The number of carboxylic acids is 1. The Labute approximate surface area is 338 Å². The van der Waals surface area contributed by atoms with Crippen LogP contribution in [0.15, 0.2) is 0 Å². The van der Waals surface area contributed by atoms with E-state index in [1.807, 2.05) is 0 Å². The number of carbonyl (C=O) groups excluding carboxylic acids is 3. The van der Waals surface area contributed by atoms with Crippen LogP contribution in [0, 0.1) is 0 Å². The van der Waals surface area contributed by atoms with Crippen molar-refractivity contribution >= 4 is 23.8 Å². The summed E-state index contributed by atoms with van der Waals surface area (Å²) in [5.74, 6) is -2.31. The molecule has 0 aliphatic rings. The Hall–Kier alpha value is -2.16. The first-order chi connectivity index (χ1) is 26.8. The van der Waals surface area contributed by atoms with Crippen LogP contribution in [0.3, 0.4) is 0 Å². The fourth-order valence-electron chi connectivity index (χ4n) is 7.25. The minimum atomic E-state index is -1.38. The molecule has 0 fully saturated rings. The molecule has 9 nitrogen and oxygen atoms in total. The van der Waals surface area contributed by atoms with Gasteiger partial charge in [0.15, 0.2) is 0 Å². The number of amides is 2. The summed E-state index contributed by atoms with van der Waals surface area (Å²) < 4.78 is 5.98. The number of aliphatic carboxylic acids is 1. The number of hydrogen-bond acceptors (Lipinski definition) is 6. The molecule has 9 heteroatoms. The number of ether oxygens (including phenoxy) is 1. The fraction of sp³-hybridized carbons (Fsp3) is 0.913. The SMILES string of the molecule is CCCCCCCCCCCCCCCCCCCCCCCCC(=O)OC(CCCCCCCC)CCCCCCC(=O)NCC(=O)NC(CO)C(=O)O. The Morgan fingerprint density at radius 3 is 1.18 bits per heavy atom. The number of aliphatic hydroxyl groups is 1. The molecule has 0 aromatic rings. The van der Waals surface area contributed by atoms with Crippen molar-refractivity contribution in [2.24, 2.45) is 0 Å². The summed E-state index contributed by atoms with van der Waals surface area (Å²) in [6.45, 7) is 3.47. The van der Waals surface area contributed by atoms with E-state index >= 15 is 0 Å². The third-order valence-corrected chi connectivity index (χ3v) is 10.9. The van der Waals surface area contributed by atoms with Crippen molar-refractivity contribution in [2.75, 3.05) is 13.2 Å². The molecule has 4 N–H and O–H groups in total.